The van der Waals surface area contributed by atoms with Gasteiger partial charge in [-0.15, -0.1) is 0 Å². The quantitative estimate of drug-likeness (QED) is 0.505. The van der Waals surface area contributed by atoms with Crippen molar-refractivity contribution >= 4 is 11.9 Å². The summed E-state index contributed by atoms with van der Waals surface area (Å²) in [5.74, 6) is 0.748. The smallest absolute Gasteiger partial charge is 0.253 e. The maximum absolute atomic E-state index is 12.1. The van der Waals surface area contributed by atoms with Gasteiger partial charge in [-0.05, 0) is 43.9 Å². The Bertz CT molecular complexity index is 637. The van der Waals surface area contributed by atoms with Gasteiger partial charge in [0.15, 0.2) is 5.96 Å². The molecule has 2 rings (SSSR count). The van der Waals surface area contributed by atoms with E-state index in [0.717, 1.165) is 50.2 Å². The van der Waals surface area contributed by atoms with Gasteiger partial charge in [0.05, 0.1) is 12.1 Å². The molecule has 0 unspecified atom stereocenters. The maximum Gasteiger partial charge on any atom is 0.253 e. The molecular weight excluding hydrogens is 340 g/mol. The Morgan fingerprint density at radius 1 is 1.22 bits per heavy atom. The number of nitrogens with one attached hydrogen (secondary N) is 2. The molecule has 1 aromatic rings. The first-order valence-electron chi connectivity index (χ1n) is 9.99. The van der Waals surface area contributed by atoms with Crippen LogP contribution in [0.5, 0.6) is 0 Å². The molecule has 0 heterocycles. The van der Waals surface area contributed by atoms with Crippen LogP contribution in [0.4, 0.5) is 0 Å². The second kappa shape index (κ2) is 10.3. The third-order valence-electron chi connectivity index (χ3n) is 4.95. The average Bonchev–Trinajstić information content (AvgIpc) is 2.66. The molecule has 6 heteroatoms. The van der Waals surface area contributed by atoms with Crippen LogP contribution >= 0.6 is 0 Å². The summed E-state index contributed by atoms with van der Waals surface area (Å²) < 4.78 is 0. The van der Waals surface area contributed by atoms with E-state index in [0.29, 0.717) is 18.7 Å². The monoisotopic (exact) mass is 374 g/mol. The molecule has 0 bridgehead atoms. The predicted octanol–water partition coefficient (Wildman–Crippen LogP) is 2.18. The fourth-order valence-corrected chi connectivity index (χ4v) is 3.38. The number of aliphatic imine (C=N–C) groups is 1. The van der Waals surface area contributed by atoms with Gasteiger partial charge >= 0.3 is 0 Å². The number of nitrogens with zero attached hydrogens (tertiary/aromatic N) is 2. The molecule has 0 spiro atoms. The number of rotatable bonds is 7. The summed E-state index contributed by atoms with van der Waals surface area (Å²) in [6.45, 7) is 3.96. The molecule has 0 aliphatic heterocycles. The van der Waals surface area contributed by atoms with E-state index in [1.54, 1.807) is 19.0 Å². The van der Waals surface area contributed by atoms with Crippen LogP contribution in [-0.4, -0.2) is 61.2 Å². The standard InChI is InChI=1S/C21H34N4O2/c1-4-22-20(24-16-21(27)12-6-5-7-13-21)23-14-11-17-9-8-10-18(15-17)19(26)25(2)3/h8-10,15,27H,4-7,11-14,16H2,1-3H3,(H2,22,23,24). The van der Waals surface area contributed by atoms with Crippen LogP contribution in [0.1, 0.15) is 54.9 Å². The molecule has 1 amide bonds. The number of carbonyl (C=O) groups excluding carboxylic acids is 1. The molecule has 1 fully saturated rings. The highest BCUT2D eigenvalue weighted by molar-refractivity contribution is 5.94. The van der Waals surface area contributed by atoms with Crippen LogP contribution in [-0.2, 0) is 6.42 Å². The van der Waals surface area contributed by atoms with Crippen LogP contribution in [0.15, 0.2) is 29.3 Å². The lowest BCUT2D eigenvalue weighted by Crippen LogP contribution is -2.41. The number of aliphatic hydroxyl groups is 1. The van der Waals surface area contributed by atoms with Crippen LogP contribution < -0.4 is 10.6 Å². The third-order valence-corrected chi connectivity index (χ3v) is 4.95. The van der Waals surface area contributed by atoms with E-state index < -0.39 is 5.60 Å². The lowest BCUT2D eigenvalue weighted by atomic mass is 9.85. The van der Waals surface area contributed by atoms with E-state index in [2.05, 4.69) is 15.6 Å². The first-order valence-corrected chi connectivity index (χ1v) is 9.99. The Labute approximate surface area is 163 Å². The lowest BCUT2D eigenvalue weighted by Gasteiger charge is -2.30. The van der Waals surface area contributed by atoms with Gasteiger partial charge in [-0.2, -0.15) is 0 Å². The van der Waals surface area contributed by atoms with E-state index >= 15 is 0 Å². The molecule has 27 heavy (non-hydrogen) atoms. The fourth-order valence-electron chi connectivity index (χ4n) is 3.38. The summed E-state index contributed by atoms with van der Waals surface area (Å²) in [5.41, 5.74) is 1.16. The summed E-state index contributed by atoms with van der Waals surface area (Å²) in [6, 6.07) is 7.74. The number of hydrogen-bond acceptors (Lipinski definition) is 3. The molecule has 1 aliphatic rings. The first-order chi connectivity index (χ1) is 12.9. The molecule has 1 saturated carbocycles. The molecule has 0 radical (unpaired) electrons. The molecule has 1 aromatic carbocycles. The van der Waals surface area contributed by atoms with Crippen LogP contribution in [0.25, 0.3) is 0 Å². The number of carbonyl (C=O) groups is 1. The SMILES string of the molecule is CCNC(=NCC1(O)CCCCC1)NCCc1cccc(C(=O)N(C)C)c1. The third kappa shape index (κ3) is 6.86. The second-order valence-corrected chi connectivity index (χ2v) is 7.56. The number of guanidine groups is 1. The lowest BCUT2D eigenvalue weighted by molar-refractivity contribution is 0.0131. The van der Waals surface area contributed by atoms with Gasteiger partial charge in [-0.25, -0.2) is 0 Å². The van der Waals surface area contributed by atoms with Crippen LogP contribution in [0, 0.1) is 0 Å². The zero-order valence-corrected chi connectivity index (χ0v) is 16.9. The number of amides is 1. The summed E-state index contributed by atoms with van der Waals surface area (Å²) >= 11 is 0. The molecule has 0 saturated heterocycles. The highest BCUT2D eigenvalue weighted by Crippen LogP contribution is 2.28. The van der Waals surface area contributed by atoms with E-state index in [-0.39, 0.29) is 5.91 Å². The van der Waals surface area contributed by atoms with Crippen molar-refractivity contribution in [3.8, 4) is 0 Å². The van der Waals surface area contributed by atoms with Gasteiger partial charge in [0.25, 0.3) is 5.91 Å². The minimum absolute atomic E-state index is 0.0143. The zero-order chi connectivity index (χ0) is 19.7. The molecule has 0 aromatic heterocycles. The Morgan fingerprint density at radius 3 is 2.63 bits per heavy atom. The highest BCUT2D eigenvalue weighted by atomic mass is 16.3. The van der Waals surface area contributed by atoms with E-state index in [1.165, 1.54) is 6.42 Å². The fraction of sp³-hybridized carbons (Fsp3) is 0.619. The largest absolute Gasteiger partial charge is 0.388 e. The van der Waals surface area contributed by atoms with E-state index in [9.17, 15) is 9.90 Å². The highest BCUT2D eigenvalue weighted by Gasteiger charge is 2.28. The van der Waals surface area contributed by atoms with Crippen LogP contribution in [0.3, 0.4) is 0 Å². The number of hydrogen-bond donors (Lipinski definition) is 3. The Hall–Kier alpha value is -2.08. The van der Waals surface area contributed by atoms with Crippen molar-refractivity contribution in [1.82, 2.24) is 15.5 Å². The van der Waals surface area contributed by atoms with Gasteiger partial charge < -0.3 is 20.6 Å². The molecular formula is C21H34N4O2. The summed E-state index contributed by atoms with van der Waals surface area (Å²) in [5, 5.41) is 17.2. The normalized spacial score (nSPS) is 16.7. The Morgan fingerprint density at radius 2 is 1.96 bits per heavy atom. The van der Waals surface area contributed by atoms with Gasteiger partial charge in [-0.1, -0.05) is 31.4 Å². The topological polar surface area (TPSA) is 77.0 Å². The van der Waals surface area contributed by atoms with Gasteiger partial charge in [0.1, 0.15) is 0 Å². The van der Waals surface area contributed by atoms with Gasteiger partial charge in [0, 0.05) is 32.7 Å². The van der Waals surface area contributed by atoms with Gasteiger partial charge in [-0.3, -0.25) is 9.79 Å². The van der Waals surface area contributed by atoms with Crippen LogP contribution in [0.2, 0.25) is 0 Å². The van der Waals surface area contributed by atoms with Crippen molar-refractivity contribution in [3.63, 3.8) is 0 Å². The van der Waals surface area contributed by atoms with Crippen molar-refractivity contribution in [3.05, 3.63) is 35.4 Å². The molecule has 150 valence electrons. The second-order valence-electron chi connectivity index (χ2n) is 7.56. The van der Waals surface area contributed by atoms with Crippen molar-refractivity contribution in [2.45, 2.75) is 51.0 Å². The minimum Gasteiger partial charge on any atom is -0.388 e. The predicted molar refractivity (Wildman–Crippen MR) is 110 cm³/mol. The molecule has 1 aliphatic carbocycles. The summed E-state index contributed by atoms with van der Waals surface area (Å²) in [4.78, 5) is 18.3. The Balaban J connectivity index is 1.89. The zero-order valence-electron chi connectivity index (χ0n) is 16.9. The van der Waals surface area contributed by atoms with E-state index in [1.807, 2.05) is 31.2 Å². The first kappa shape index (κ1) is 21.2. The minimum atomic E-state index is -0.651. The van der Waals surface area contributed by atoms with Crippen molar-refractivity contribution in [1.29, 1.82) is 0 Å². The van der Waals surface area contributed by atoms with Gasteiger partial charge in [0.2, 0.25) is 0 Å². The van der Waals surface area contributed by atoms with E-state index in [4.69, 9.17) is 0 Å². The van der Waals surface area contributed by atoms with Crippen molar-refractivity contribution in [2.75, 3.05) is 33.7 Å². The summed E-state index contributed by atoms with van der Waals surface area (Å²) in [7, 11) is 3.52. The maximum atomic E-state index is 12.1. The summed E-state index contributed by atoms with van der Waals surface area (Å²) in [6.07, 6.45) is 5.84. The number of benzene rings is 1. The molecule has 3 N–H and O–H groups in total. The van der Waals surface area contributed by atoms with Crippen molar-refractivity contribution in [2.24, 2.45) is 4.99 Å². The Kier molecular flexibility index (Phi) is 8.10. The van der Waals surface area contributed by atoms with Crippen molar-refractivity contribution < 1.29 is 9.90 Å². The molecule has 0 atom stereocenters. The average molecular weight is 375 g/mol. The molecule has 6 nitrogen and oxygen atoms in total.